The minimum atomic E-state index is -3.03. The maximum atomic E-state index is 12.2. The van der Waals surface area contributed by atoms with E-state index >= 15 is 0 Å². The van der Waals surface area contributed by atoms with Crippen molar-refractivity contribution in [3.8, 4) is 0 Å². The van der Waals surface area contributed by atoms with Crippen LogP contribution in [0.2, 0.25) is 0 Å². The highest BCUT2D eigenvalue weighted by Gasteiger charge is 2.41. The van der Waals surface area contributed by atoms with Crippen LogP contribution in [0.25, 0.3) is 0 Å². The van der Waals surface area contributed by atoms with Crippen LogP contribution in [-0.2, 0) is 14.4 Å². The molecule has 0 aliphatic rings. The van der Waals surface area contributed by atoms with Crippen molar-refractivity contribution >= 4 is 17.3 Å². The lowest BCUT2D eigenvalue weighted by Gasteiger charge is -2.18. The fourth-order valence-electron chi connectivity index (χ4n) is 5.36. The molecule has 0 bridgehead atoms. The molecule has 0 saturated heterocycles. The van der Waals surface area contributed by atoms with E-state index < -0.39 is 23.8 Å². The third-order valence-electron chi connectivity index (χ3n) is 8.20. The van der Waals surface area contributed by atoms with Crippen molar-refractivity contribution in [2.45, 2.75) is 206 Å². The Kier molecular flexibility index (Phi) is 27.3. The average molecular weight is 567 g/mol. The first-order chi connectivity index (χ1) is 19.4. The Bertz CT molecular complexity index is 613. The van der Waals surface area contributed by atoms with E-state index in [0.29, 0.717) is 12.8 Å². The van der Waals surface area contributed by atoms with Crippen molar-refractivity contribution in [2.24, 2.45) is 0 Å². The minimum Gasteiger partial charge on any atom is -0.354 e. The van der Waals surface area contributed by atoms with Gasteiger partial charge in [-0.25, -0.2) is 0 Å². The molecule has 0 aliphatic carbocycles. The van der Waals surface area contributed by atoms with Crippen molar-refractivity contribution in [3.63, 3.8) is 0 Å². The topological polar surface area (TPSA) is 91.7 Å². The second-order valence-corrected chi connectivity index (χ2v) is 12.2. The first kappa shape index (κ1) is 38.9. The molecule has 0 unspecified atom stereocenters. The van der Waals surface area contributed by atoms with Gasteiger partial charge in [-0.2, -0.15) is 0 Å². The maximum absolute atomic E-state index is 12.2. The summed E-state index contributed by atoms with van der Waals surface area (Å²) in [6.45, 7) is 4.48. The molecule has 236 valence electrons. The summed E-state index contributed by atoms with van der Waals surface area (Å²) < 4.78 is 0. The summed E-state index contributed by atoms with van der Waals surface area (Å²) >= 11 is 0. The highest BCUT2D eigenvalue weighted by atomic mass is 16.5. The maximum Gasteiger partial charge on any atom is 0.285 e. The van der Waals surface area contributed by atoms with Gasteiger partial charge in [0.1, 0.15) is 5.78 Å². The summed E-state index contributed by atoms with van der Waals surface area (Å²) in [4.78, 5) is 36.6. The molecule has 5 heteroatoms. The zero-order valence-electron chi connectivity index (χ0n) is 26.6. The summed E-state index contributed by atoms with van der Waals surface area (Å²) in [5.74, 6) is -5.29. The monoisotopic (exact) mass is 566 g/mol. The lowest BCUT2D eigenvalue weighted by molar-refractivity contribution is -0.189. The second kappa shape index (κ2) is 28.1. The number of hydrogen-bond acceptors (Lipinski definition) is 5. The predicted molar refractivity (Wildman–Crippen MR) is 167 cm³/mol. The number of Topliss-reactive ketones (excluding diaryl/α,β-unsaturated/α-hetero) is 3. The van der Waals surface area contributed by atoms with E-state index in [9.17, 15) is 24.6 Å². The van der Waals surface area contributed by atoms with Gasteiger partial charge in [-0.3, -0.25) is 14.4 Å². The SMILES string of the molecule is CCCCCCCCCCCCCCCC(=O)CC(=O)C(O)(O)C(=O)CCCCCCCCCCCCCCC. The van der Waals surface area contributed by atoms with Gasteiger partial charge in [0, 0.05) is 12.8 Å². The molecule has 0 spiro atoms. The van der Waals surface area contributed by atoms with Crippen LogP contribution in [-0.4, -0.2) is 33.3 Å². The van der Waals surface area contributed by atoms with Gasteiger partial charge >= 0.3 is 0 Å². The van der Waals surface area contributed by atoms with Crippen molar-refractivity contribution < 1.29 is 24.6 Å². The van der Waals surface area contributed by atoms with E-state index in [1.807, 2.05) is 0 Å². The van der Waals surface area contributed by atoms with Gasteiger partial charge in [0.2, 0.25) is 5.78 Å². The van der Waals surface area contributed by atoms with E-state index in [1.165, 1.54) is 122 Å². The molecular weight excluding hydrogens is 500 g/mol. The summed E-state index contributed by atoms with van der Waals surface area (Å²) in [7, 11) is 0. The van der Waals surface area contributed by atoms with Gasteiger partial charge in [-0.05, 0) is 12.8 Å². The van der Waals surface area contributed by atoms with E-state index in [4.69, 9.17) is 0 Å². The van der Waals surface area contributed by atoms with Crippen LogP contribution >= 0.6 is 0 Å². The Balaban J connectivity index is 3.72. The summed E-state index contributed by atoms with van der Waals surface area (Å²) in [6, 6.07) is 0. The largest absolute Gasteiger partial charge is 0.354 e. The van der Waals surface area contributed by atoms with Gasteiger partial charge in [0.25, 0.3) is 5.79 Å². The molecule has 0 rings (SSSR count). The van der Waals surface area contributed by atoms with Crippen molar-refractivity contribution in [2.75, 3.05) is 0 Å². The van der Waals surface area contributed by atoms with Crippen LogP contribution in [0.15, 0.2) is 0 Å². The van der Waals surface area contributed by atoms with Crippen LogP contribution in [0.5, 0.6) is 0 Å². The first-order valence-electron chi connectivity index (χ1n) is 17.4. The molecule has 2 N–H and O–H groups in total. The quantitative estimate of drug-likeness (QED) is 0.0480. The van der Waals surface area contributed by atoms with Gasteiger partial charge in [0.15, 0.2) is 5.78 Å². The third-order valence-corrected chi connectivity index (χ3v) is 8.20. The fourth-order valence-corrected chi connectivity index (χ4v) is 5.36. The molecular formula is C35H66O5. The number of rotatable bonds is 32. The molecule has 40 heavy (non-hydrogen) atoms. The Labute approximate surface area is 247 Å². The lowest BCUT2D eigenvalue weighted by Crippen LogP contribution is -2.47. The molecule has 0 radical (unpaired) electrons. The second-order valence-electron chi connectivity index (χ2n) is 12.2. The lowest BCUT2D eigenvalue weighted by atomic mass is 9.96. The molecule has 0 aliphatic heterocycles. The van der Waals surface area contributed by atoms with Crippen molar-refractivity contribution in [1.82, 2.24) is 0 Å². The average Bonchev–Trinajstić information content (AvgIpc) is 2.93. The number of carbonyl (C=O) groups is 3. The molecule has 0 heterocycles. The highest BCUT2D eigenvalue weighted by Crippen LogP contribution is 2.17. The predicted octanol–water partition coefficient (Wildman–Crippen LogP) is 9.73. The van der Waals surface area contributed by atoms with Gasteiger partial charge in [-0.1, -0.05) is 168 Å². The van der Waals surface area contributed by atoms with Gasteiger partial charge < -0.3 is 10.2 Å². The fraction of sp³-hybridized carbons (Fsp3) is 0.914. The van der Waals surface area contributed by atoms with E-state index in [0.717, 1.165) is 32.1 Å². The first-order valence-corrected chi connectivity index (χ1v) is 17.4. The van der Waals surface area contributed by atoms with E-state index in [1.54, 1.807) is 0 Å². The molecule has 0 aromatic carbocycles. The number of carbonyl (C=O) groups excluding carboxylic acids is 3. The zero-order chi connectivity index (χ0) is 29.7. The summed E-state index contributed by atoms with van der Waals surface area (Å²) in [5, 5.41) is 20.2. The molecule has 0 amide bonds. The minimum absolute atomic E-state index is 0.0381. The van der Waals surface area contributed by atoms with Crippen molar-refractivity contribution in [1.29, 1.82) is 0 Å². The third kappa shape index (κ3) is 23.6. The van der Waals surface area contributed by atoms with Crippen LogP contribution in [0.4, 0.5) is 0 Å². The zero-order valence-corrected chi connectivity index (χ0v) is 26.6. The van der Waals surface area contributed by atoms with Crippen LogP contribution in [0.3, 0.4) is 0 Å². The number of unbranched alkanes of at least 4 members (excludes halogenated alkanes) is 24. The normalized spacial score (nSPS) is 11.7. The van der Waals surface area contributed by atoms with E-state index in [2.05, 4.69) is 13.8 Å². The van der Waals surface area contributed by atoms with Gasteiger partial charge in [-0.15, -0.1) is 0 Å². The van der Waals surface area contributed by atoms with Crippen LogP contribution in [0, 0.1) is 0 Å². The van der Waals surface area contributed by atoms with Crippen LogP contribution in [0.1, 0.15) is 200 Å². The number of ketones is 3. The van der Waals surface area contributed by atoms with Gasteiger partial charge in [0.05, 0.1) is 6.42 Å². The molecule has 0 saturated carbocycles. The van der Waals surface area contributed by atoms with Crippen LogP contribution < -0.4 is 0 Å². The molecule has 5 nitrogen and oxygen atoms in total. The smallest absolute Gasteiger partial charge is 0.285 e. The summed E-state index contributed by atoms with van der Waals surface area (Å²) in [6.07, 6.45) is 30.8. The molecule has 0 fully saturated rings. The Hall–Kier alpha value is -1.07. The summed E-state index contributed by atoms with van der Waals surface area (Å²) in [5.41, 5.74) is 0. The highest BCUT2D eigenvalue weighted by molar-refractivity contribution is 6.13. The number of aliphatic hydroxyl groups is 2. The number of hydrogen-bond donors (Lipinski definition) is 2. The Morgan fingerprint density at radius 1 is 0.400 bits per heavy atom. The Morgan fingerprint density at radius 3 is 1.00 bits per heavy atom. The standard InChI is InChI=1S/C35H66O5/c1-3-5-7-9-11-13-15-17-19-21-23-25-27-29-32(36)31-34(38)35(39,40)33(37)30-28-26-24-22-20-18-16-14-12-10-8-6-4-2/h39-40H,3-31H2,1-2H3. The molecule has 0 aromatic heterocycles. The Morgan fingerprint density at radius 2 is 0.675 bits per heavy atom. The van der Waals surface area contributed by atoms with Crippen molar-refractivity contribution in [3.05, 3.63) is 0 Å². The molecule has 0 atom stereocenters. The molecule has 0 aromatic rings. The van der Waals surface area contributed by atoms with E-state index in [-0.39, 0.29) is 18.6 Å².